The molecular weight excluding hydrogens is 242 g/mol. The molecular formula is C15H21NO3. The normalized spacial score (nSPS) is 13.9. The quantitative estimate of drug-likeness (QED) is 0.828. The molecule has 0 spiro atoms. The number of carboxylic acids is 1. The van der Waals surface area contributed by atoms with Crippen molar-refractivity contribution in [2.45, 2.75) is 39.2 Å². The van der Waals surface area contributed by atoms with Crippen LogP contribution in [0.4, 0.5) is 0 Å². The van der Waals surface area contributed by atoms with Gasteiger partial charge in [0.1, 0.15) is 0 Å². The largest absolute Gasteiger partial charge is 0.479 e. The number of hydrogen-bond donors (Lipinski definition) is 2. The average molecular weight is 263 g/mol. The summed E-state index contributed by atoms with van der Waals surface area (Å²) in [7, 11) is 0. The number of carbonyl (C=O) groups excluding carboxylic acids is 1. The molecule has 1 aromatic rings. The number of benzene rings is 1. The lowest BCUT2D eigenvalue weighted by Gasteiger charge is -2.28. The second-order valence-electron chi connectivity index (χ2n) is 4.80. The fourth-order valence-corrected chi connectivity index (χ4v) is 2.03. The Labute approximate surface area is 113 Å². The third-order valence-electron chi connectivity index (χ3n) is 3.51. The van der Waals surface area contributed by atoms with Crippen LogP contribution in [-0.2, 0) is 15.1 Å². The van der Waals surface area contributed by atoms with Crippen LogP contribution >= 0.6 is 0 Å². The molecule has 0 aliphatic heterocycles. The molecule has 1 unspecified atom stereocenters. The van der Waals surface area contributed by atoms with Crippen LogP contribution in [0.5, 0.6) is 0 Å². The van der Waals surface area contributed by atoms with Crippen molar-refractivity contribution in [3.63, 3.8) is 0 Å². The lowest BCUT2D eigenvalue weighted by atomic mass is 9.90. The Hall–Kier alpha value is -1.84. The van der Waals surface area contributed by atoms with Crippen molar-refractivity contribution in [3.8, 4) is 0 Å². The van der Waals surface area contributed by atoms with E-state index >= 15 is 0 Å². The van der Waals surface area contributed by atoms with Crippen molar-refractivity contribution in [2.24, 2.45) is 5.92 Å². The summed E-state index contributed by atoms with van der Waals surface area (Å²) in [6, 6.07) is 8.76. The zero-order valence-electron chi connectivity index (χ0n) is 11.6. The van der Waals surface area contributed by atoms with Crippen LogP contribution in [0.2, 0.25) is 0 Å². The van der Waals surface area contributed by atoms with E-state index in [-0.39, 0.29) is 11.8 Å². The number of hydrogen-bond acceptors (Lipinski definition) is 2. The summed E-state index contributed by atoms with van der Waals surface area (Å²) >= 11 is 0. The highest BCUT2D eigenvalue weighted by atomic mass is 16.4. The van der Waals surface area contributed by atoms with Gasteiger partial charge in [-0.25, -0.2) is 4.79 Å². The molecule has 104 valence electrons. The Kier molecular flexibility index (Phi) is 5.10. The molecule has 19 heavy (non-hydrogen) atoms. The van der Waals surface area contributed by atoms with E-state index in [0.717, 1.165) is 0 Å². The van der Waals surface area contributed by atoms with Crippen LogP contribution in [0.15, 0.2) is 30.3 Å². The van der Waals surface area contributed by atoms with Crippen LogP contribution in [0, 0.1) is 5.92 Å². The first-order valence-corrected chi connectivity index (χ1v) is 6.56. The van der Waals surface area contributed by atoms with Crippen LogP contribution in [0.3, 0.4) is 0 Å². The third kappa shape index (κ3) is 3.34. The molecule has 4 nitrogen and oxygen atoms in total. The third-order valence-corrected chi connectivity index (χ3v) is 3.51. The van der Waals surface area contributed by atoms with Crippen LogP contribution < -0.4 is 5.32 Å². The van der Waals surface area contributed by atoms with E-state index in [0.29, 0.717) is 18.4 Å². The average Bonchev–Trinajstić information content (AvgIpc) is 2.40. The maximum absolute atomic E-state index is 12.1. The van der Waals surface area contributed by atoms with Gasteiger partial charge >= 0.3 is 5.97 Å². The summed E-state index contributed by atoms with van der Waals surface area (Å²) in [5, 5.41) is 12.1. The van der Waals surface area contributed by atoms with Gasteiger partial charge in [-0.15, -0.1) is 0 Å². The summed E-state index contributed by atoms with van der Waals surface area (Å²) in [6.45, 7) is 5.37. The second kappa shape index (κ2) is 6.36. The molecule has 1 rings (SSSR count). The van der Waals surface area contributed by atoms with Gasteiger partial charge in [0.2, 0.25) is 5.91 Å². The minimum Gasteiger partial charge on any atom is -0.479 e. The fourth-order valence-electron chi connectivity index (χ4n) is 2.03. The SMILES string of the molecule is CCC(CC)C(=O)NC(C)(C(=O)O)c1ccccc1. The van der Waals surface area contributed by atoms with E-state index < -0.39 is 11.5 Å². The summed E-state index contributed by atoms with van der Waals surface area (Å²) < 4.78 is 0. The summed E-state index contributed by atoms with van der Waals surface area (Å²) in [5.41, 5.74) is -0.817. The van der Waals surface area contributed by atoms with Gasteiger partial charge < -0.3 is 10.4 Å². The molecule has 0 aliphatic rings. The van der Waals surface area contributed by atoms with Gasteiger partial charge in [-0.3, -0.25) is 4.79 Å². The molecule has 4 heteroatoms. The molecule has 0 heterocycles. The van der Waals surface area contributed by atoms with E-state index in [1.165, 1.54) is 6.92 Å². The summed E-state index contributed by atoms with van der Waals surface area (Å²) in [4.78, 5) is 23.7. The van der Waals surface area contributed by atoms with Gasteiger partial charge in [-0.05, 0) is 25.3 Å². The van der Waals surface area contributed by atoms with Gasteiger partial charge in [0.15, 0.2) is 5.54 Å². The first-order chi connectivity index (χ1) is 8.95. The van der Waals surface area contributed by atoms with E-state index in [4.69, 9.17) is 0 Å². The number of aliphatic carboxylic acids is 1. The van der Waals surface area contributed by atoms with E-state index in [2.05, 4.69) is 5.32 Å². The Bertz CT molecular complexity index is 440. The molecule has 0 radical (unpaired) electrons. The Morgan fingerprint density at radius 1 is 1.21 bits per heavy atom. The zero-order chi connectivity index (χ0) is 14.5. The molecule has 0 fully saturated rings. The molecule has 2 N–H and O–H groups in total. The first kappa shape index (κ1) is 15.2. The molecule has 0 aromatic heterocycles. The van der Waals surface area contributed by atoms with Crippen molar-refractivity contribution in [3.05, 3.63) is 35.9 Å². The maximum atomic E-state index is 12.1. The monoisotopic (exact) mass is 263 g/mol. The molecule has 0 bridgehead atoms. The second-order valence-corrected chi connectivity index (χ2v) is 4.80. The zero-order valence-corrected chi connectivity index (χ0v) is 11.6. The summed E-state index contributed by atoms with van der Waals surface area (Å²) in [6.07, 6.45) is 1.40. The molecule has 1 aromatic carbocycles. The minimum absolute atomic E-state index is 0.151. The predicted octanol–water partition coefficient (Wildman–Crippen LogP) is 2.54. The molecule has 1 amide bonds. The Balaban J connectivity index is 3.02. The van der Waals surface area contributed by atoms with Crippen molar-refractivity contribution >= 4 is 11.9 Å². The van der Waals surface area contributed by atoms with Crippen LogP contribution in [0.1, 0.15) is 39.2 Å². The summed E-state index contributed by atoms with van der Waals surface area (Å²) in [5.74, 6) is -1.42. The smallest absolute Gasteiger partial charge is 0.333 e. The highest BCUT2D eigenvalue weighted by Gasteiger charge is 2.37. The number of carbonyl (C=O) groups is 2. The number of rotatable bonds is 6. The van der Waals surface area contributed by atoms with Gasteiger partial charge in [0.25, 0.3) is 0 Å². The molecule has 0 saturated carbocycles. The molecule has 1 atom stereocenters. The lowest BCUT2D eigenvalue weighted by molar-refractivity contribution is -0.148. The number of amides is 1. The number of carboxylic acid groups (broad SMARTS) is 1. The first-order valence-electron chi connectivity index (χ1n) is 6.56. The van der Waals surface area contributed by atoms with Crippen molar-refractivity contribution < 1.29 is 14.7 Å². The number of nitrogens with one attached hydrogen (secondary N) is 1. The van der Waals surface area contributed by atoms with E-state index in [1.807, 2.05) is 19.9 Å². The Morgan fingerprint density at radius 2 is 1.74 bits per heavy atom. The topological polar surface area (TPSA) is 66.4 Å². The highest BCUT2D eigenvalue weighted by molar-refractivity contribution is 5.88. The van der Waals surface area contributed by atoms with Gasteiger partial charge in [0.05, 0.1) is 0 Å². The van der Waals surface area contributed by atoms with E-state index in [1.54, 1.807) is 24.3 Å². The van der Waals surface area contributed by atoms with Crippen LogP contribution in [0.25, 0.3) is 0 Å². The molecule has 0 saturated heterocycles. The van der Waals surface area contributed by atoms with Crippen LogP contribution in [-0.4, -0.2) is 17.0 Å². The minimum atomic E-state index is -1.39. The van der Waals surface area contributed by atoms with Gasteiger partial charge in [-0.2, -0.15) is 0 Å². The van der Waals surface area contributed by atoms with Crippen molar-refractivity contribution in [1.82, 2.24) is 5.32 Å². The lowest BCUT2D eigenvalue weighted by Crippen LogP contribution is -2.51. The molecule has 0 aliphatic carbocycles. The van der Waals surface area contributed by atoms with Crippen molar-refractivity contribution in [1.29, 1.82) is 0 Å². The van der Waals surface area contributed by atoms with Gasteiger partial charge in [-0.1, -0.05) is 44.2 Å². The van der Waals surface area contributed by atoms with E-state index in [9.17, 15) is 14.7 Å². The maximum Gasteiger partial charge on any atom is 0.333 e. The fraction of sp³-hybridized carbons (Fsp3) is 0.467. The van der Waals surface area contributed by atoms with Gasteiger partial charge in [0, 0.05) is 5.92 Å². The van der Waals surface area contributed by atoms with Crippen molar-refractivity contribution in [2.75, 3.05) is 0 Å². The Morgan fingerprint density at radius 3 is 2.16 bits per heavy atom. The predicted molar refractivity (Wildman–Crippen MR) is 73.6 cm³/mol. The standard InChI is InChI=1S/C15H21NO3/c1-4-11(5-2)13(17)16-15(3,14(18)19)12-9-7-6-8-10-12/h6-11H,4-5H2,1-3H3,(H,16,17)(H,18,19). The highest BCUT2D eigenvalue weighted by Crippen LogP contribution is 2.22.